The Balaban J connectivity index is 1.66. The molecule has 4 rings (SSSR count). The van der Waals surface area contributed by atoms with Gasteiger partial charge < -0.3 is 26.0 Å². The first-order valence-electron chi connectivity index (χ1n) is 12.8. The second-order valence-corrected chi connectivity index (χ2v) is 9.96. The van der Waals surface area contributed by atoms with Gasteiger partial charge in [0.1, 0.15) is 23.7 Å². The van der Waals surface area contributed by atoms with E-state index in [4.69, 9.17) is 5.11 Å². The van der Waals surface area contributed by atoms with Gasteiger partial charge >= 0.3 is 0 Å². The van der Waals surface area contributed by atoms with E-state index in [0.29, 0.717) is 57.9 Å². The summed E-state index contributed by atoms with van der Waals surface area (Å²) in [5, 5.41) is 18.0. The molecule has 2 heterocycles. The van der Waals surface area contributed by atoms with Crippen LogP contribution >= 0.6 is 0 Å². The zero-order valence-corrected chi connectivity index (χ0v) is 20.1. The minimum Gasteiger partial charge on any atom is -0.396 e. The van der Waals surface area contributed by atoms with E-state index in [1.54, 1.807) is 4.90 Å². The van der Waals surface area contributed by atoms with E-state index in [1.807, 2.05) is 30.3 Å². The van der Waals surface area contributed by atoms with Gasteiger partial charge in [-0.15, -0.1) is 0 Å². The van der Waals surface area contributed by atoms with Gasteiger partial charge in [0, 0.05) is 19.6 Å². The maximum absolute atomic E-state index is 13.7. The first-order chi connectivity index (χ1) is 16.9. The number of benzene rings is 1. The van der Waals surface area contributed by atoms with Crippen LogP contribution in [0.4, 0.5) is 0 Å². The lowest BCUT2D eigenvalue weighted by atomic mass is 9.93. The maximum atomic E-state index is 13.7. The second kappa shape index (κ2) is 11.2. The van der Waals surface area contributed by atoms with Crippen LogP contribution in [0, 0.1) is 0 Å². The van der Waals surface area contributed by atoms with Crippen molar-refractivity contribution in [2.24, 2.45) is 0 Å². The molecule has 0 aromatic heterocycles. The van der Waals surface area contributed by atoms with Crippen molar-refractivity contribution in [2.75, 3.05) is 13.2 Å². The number of fused-ring (bicyclic) bond motifs is 1. The Morgan fingerprint density at radius 3 is 2.37 bits per heavy atom. The van der Waals surface area contributed by atoms with E-state index in [2.05, 4.69) is 16.0 Å². The molecule has 3 aliphatic rings. The maximum Gasteiger partial charge on any atom is 0.246 e. The van der Waals surface area contributed by atoms with Crippen molar-refractivity contribution in [3.05, 3.63) is 35.9 Å². The summed E-state index contributed by atoms with van der Waals surface area (Å²) in [5.74, 6) is -1.33. The van der Waals surface area contributed by atoms with Gasteiger partial charge in [0.15, 0.2) is 0 Å². The normalized spacial score (nSPS) is 27.0. The third-order valence-electron chi connectivity index (χ3n) is 7.51. The van der Waals surface area contributed by atoms with E-state index in [0.717, 1.165) is 18.4 Å². The third kappa shape index (κ3) is 5.66. The molecule has 0 bridgehead atoms. The predicted octanol–water partition coefficient (Wildman–Crippen LogP) is 0.795. The molecule has 4 amide bonds. The van der Waals surface area contributed by atoms with Crippen molar-refractivity contribution < 1.29 is 24.3 Å². The lowest BCUT2D eigenvalue weighted by molar-refractivity contribution is -0.144. The summed E-state index contributed by atoms with van der Waals surface area (Å²) in [6, 6.07) is 7.17. The van der Waals surface area contributed by atoms with Crippen molar-refractivity contribution in [2.45, 2.75) is 87.9 Å². The largest absolute Gasteiger partial charge is 0.396 e. The van der Waals surface area contributed by atoms with Crippen LogP contribution in [0.1, 0.15) is 63.4 Å². The molecule has 35 heavy (non-hydrogen) atoms. The zero-order valence-electron chi connectivity index (χ0n) is 20.1. The highest BCUT2D eigenvalue weighted by Crippen LogP contribution is 2.31. The molecule has 190 valence electrons. The van der Waals surface area contributed by atoms with Crippen LogP contribution in [0.25, 0.3) is 0 Å². The molecule has 3 fully saturated rings. The van der Waals surface area contributed by atoms with Gasteiger partial charge in [-0.3, -0.25) is 19.2 Å². The number of hydrogen-bond acceptors (Lipinski definition) is 5. The van der Waals surface area contributed by atoms with Crippen LogP contribution in [0.3, 0.4) is 0 Å². The van der Waals surface area contributed by atoms with Crippen molar-refractivity contribution >= 4 is 23.6 Å². The minimum atomic E-state index is -1.10. The average Bonchev–Trinajstić information content (AvgIpc) is 3.53. The number of nitrogens with one attached hydrogen (secondary N) is 3. The van der Waals surface area contributed by atoms with Gasteiger partial charge in [0.25, 0.3) is 0 Å². The first kappa shape index (κ1) is 25.2. The molecule has 9 heteroatoms. The Hall–Kier alpha value is -2.94. The molecule has 1 aromatic carbocycles. The lowest BCUT2D eigenvalue weighted by Gasteiger charge is -2.36. The molecule has 9 nitrogen and oxygen atoms in total. The Morgan fingerprint density at radius 1 is 0.914 bits per heavy atom. The van der Waals surface area contributed by atoms with Crippen LogP contribution < -0.4 is 16.0 Å². The fraction of sp³-hybridized carbons (Fsp3) is 0.615. The van der Waals surface area contributed by atoms with Crippen molar-refractivity contribution in [1.29, 1.82) is 0 Å². The average molecular weight is 485 g/mol. The van der Waals surface area contributed by atoms with Crippen LogP contribution in [-0.4, -0.2) is 70.5 Å². The number of aliphatic hydroxyl groups is 1. The van der Waals surface area contributed by atoms with Gasteiger partial charge in [-0.1, -0.05) is 43.2 Å². The molecule has 4 N–H and O–H groups in total. The number of aliphatic hydroxyl groups excluding tert-OH is 1. The Kier molecular flexibility index (Phi) is 8.05. The van der Waals surface area contributed by atoms with Crippen LogP contribution in [0.2, 0.25) is 0 Å². The van der Waals surface area contributed by atoms with Gasteiger partial charge in [0.05, 0.1) is 0 Å². The van der Waals surface area contributed by atoms with Crippen molar-refractivity contribution in [1.82, 2.24) is 20.9 Å². The third-order valence-corrected chi connectivity index (χ3v) is 7.51. The number of rotatable bonds is 6. The summed E-state index contributed by atoms with van der Waals surface area (Å²) >= 11 is 0. The highest BCUT2D eigenvalue weighted by Gasteiger charge is 2.47. The van der Waals surface area contributed by atoms with E-state index in [9.17, 15) is 19.2 Å². The van der Waals surface area contributed by atoms with Crippen LogP contribution in [-0.2, 0) is 25.6 Å². The minimum absolute atomic E-state index is 0.00232. The summed E-state index contributed by atoms with van der Waals surface area (Å²) in [6.45, 7) is 0.437. The number of nitrogens with zero attached hydrogens (tertiary/aromatic N) is 1. The highest BCUT2D eigenvalue weighted by atomic mass is 16.3. The molecule has 1 aromatic rings. The highest BCUT2D eigenvalue weighted by molar-refractivity contribution is 5.99. The van der Waals surface area contributed by atoms with Gasteiger partial charge in [-0.2, -0.15) is 0 Å². The zero-order chi connectivity index (χ0) is 24.8. The molecule has 0 unspecified atom stereocenters. The molecule has 0 radical (unpaired) electrons. The molecule has 1 aliphatic carbocycles. The second-order valence-electron chi connectivity index (χ2n) is 9.96. The molecular formula is C26H36N4O5. The van der Waals surface area contributed by atoms with E-state index in [1.165, 1.54) is 0 Å². The number of unbranched alkanes of at least 4 members (excludes halogenated alkanes) is 1. The van der Waals surface area contributed by atoms with Gasteiger partial charge in [-0.25, -0.2) is 0 Å². The van der Waals surface area contributed by atoms with E-state index in [-0.39, 0.29) is 30.2 Å². The topological polar surface area (TPSA) is 128 Å². The lowest BCUT2D eigenvalue weighted by Crippen LogP contribution is -2.65. The summed E-state index contributed by atoms with van der Waals surface area (Å²) in [4.78, 5) is 55.6. The number of amides is 4. The van der Waals surface area contributed by atoms with Crippen LogP contribution in [0.15, 0.2) is 30.3 Å². The SMILES string of the molecule is O=C1NC2(CCCC2)C(=O)N[C@@H](Cc2ccccc2)C(=O)N2CCC[C@@H]2C(=O)N[C@H]1CCCCO. The molecule has 1 spiro atoms. The molecule has 2 aliphatic heterocycles. The van der Waals surface area contributed by atoms with E-state index >= 15 is 0 Å². The molecular weight excluding hydrogens is 448 g/mol. The van der Waals surface area contributed by atoms with Gasteiger partial charge in [0.2, 0.25) is 23.6 Å². The number of carbonyl (C=O) groups is 4. The molecule has 2 saturated heterocycles. The van der Waals surface area contributed by atoms with Gasteiger partial charge in [-0.05, 0) is 50.5 Å². The van der Waals surface area contributed by atoms with E-state index < -0.39 is 23.7 Å². The fourth-order valence-corrected chi connectivity index (χ4v) is 5.56. The predicted molar refractivity (Wildman–Crippen MR) is 129 cm³/mol. The van der Waals surface area contributed by atoms with Crippen LogP contribution in [0.5, 0.6) is 0 Å². The fourth-order valence-electron chi connectivity index (χ4n) is 5.56. The smallest absolute Gasteiger partial charge is 0.246 e. The molecule has 1 saturated carbocycles. The van der Waals surface area contributed by atoms with Crippen molar-refractivity contribution in [3.63, 3.8) is 0 Å². The quantitative estimate of drug-likeness (QED) is 0.444. The Labute approximate surface area is 206 Å². The van der Waals surface area contributed by atoms with Crippen molar-refractivity contribution in [3.8, 4) is 0 Å². The number of hydrogen-bond donors (Lipinski definition) is 4. The first-order valence-corrected chi connectivity index (χ1v) is 12.8. The summed E-state index contributed by atoms with van der Waals surface area (Å²) in [5.41, 5.74) is -0.192. The summed E-state index contributed by atoms with van der Waals surface area (Å²) in [7, 11) is 0. The Bertz CT molecular complexity index is 931. The monoisotopic (exact) mass is 484 g/mol. The molecule has 3 atom stereocenters. The Morgan fingerprint density at radius 2 is 1.66 bits per heavy atom. The summed E-state index contributed by atoms with van der Waals surface area (Å²) < 4.78 is 0. The number of carbonyl (C=O) groups excluding carboxylic acids is 4. The summed E-state index contributed by atoms with van der Waals surface area (Å²) in [6.07, 6.45) is 5.49. The standard InChI is InChI=1S/C26H36N4O5/c31-16-7-4-11-19-22(32)29-26(13-5-6-14-26)25(35)28-20(17-18-9-2-1-3-10-18)24(34)30-15-8-12-21(30)23(33)27-19/h1-3,9-10,19-21,31H,4-8,11-17H2,(H,27,33)(H,28,35)(H,29,32)/t19-,20-,21+/m0/s1.